The number of carbonyl (C=O) groups is 1. The Morgan fingerprint density at radius 3 is 3.00 bits per heavy atom. The van der Waals surface area contributed by atoms with Crippen molar-refractivity contribution in [3.8, 4) is 6.07 Å². The minimum absolute atomic E-state index is 0.0287. The molecule has 6 heteroatoms. The fourth-order valence-electron chi connectivity index (χ4n) is 2.61. The predicted molar refractivity (Wildman–Crippen MR) is 63.6 cm³/mol. The number of nitriles is 1. The first kappa shape index (κ1) is 11.2. The summed E-state index contributed by atoms with van der Waals surface area (Å²) in [6, 6.07) is 2.39. The van der Waals surface area contributed by atoms with Crippen molar-refractivity contribution in [1.82, 2.24) is 20.0 Å². The van der Waals surface area contributed by atoms with Crippen LogP contribution in [0.2, 0.25) is 0 Å². The van der Waals surface area contributed by atoms with Crippen LogP contribution in [0.5, 0.6) is 0 Å². The van der Waals surface area contributed by atoms with E-state index in [1.165, 1.54) is 0 Å². The molecule has 2 aliphatic rings. The number of nitrogens with zero attached hydrogens (tertiary/aromatic N) is 4. The first-order valence-electron chi connectivity index (χ1n) is 6.24. The molecule has 3 heterocycles. The Balaban J connectivity index is 1.59. The Morgan fingerprint density at radius 1 is 1.50 bits per heavy atom. The van der Waals surface area contributed by atoms with Gasteiger partial charge in [0, 0.05) is 25.8 Å². The van der Waals surface area contributed by atoms with Crippen molar-refractivity contribution in [2.24, 2.45) is 0 Å². The molecule has 6 nitrogen and oxygen atoms in total. The molecule has 0 aliphatic carbocycles. The summed E-state index contributed by atoms with van der Waals surface area (Å²) >= 11 is 0. The summed E-state index contributed by atoms with van der Waals surface area (Å²) in [5.74, 6) is 0.151. The summed E-state index contributed by atoms with van der Waals surface area (Å²) in [6.07, 6.45) is 5.35. The molecule has 0 radical (unpaired) electrons. The van der Waals surface area contributed by atoms with Crippen LogP contribution in [0, 0.1) is 11.3 Å². The minimum atomic E-state index is 0.0287. The number of nitrogens with one attached hydrogen (secondary N) is 1. The smallest absolute Gasteiger partial charge is 0.237 e. The van der Waals surface area contributed by atoms with E-state index in [2.05, 4.69) is 21.4 Å². The van der Waals surface area contributed by atoms with Gasteiger partial charge in [-0.2, -0.15) is 10.4 Å². The molecule has 1 N–H and O–H groups in total. The topological polar surface area (TPSA) is 74.0 Å². The molecule has 1 unspecified atom stereocenters. The van der Waals surface area contributed by atoms with Gasteiger partial charge in [-0.15, -0.1) is 0 Å². The molecule has 3 rings (SSSR count). The number of rotatable bonds is 2. The van der Waals surface area contributed by atoms with E-state index in [-0.39, 0.29) is 11.9 Å². The van der Waals surface area contributed by atoms with Gasteiger partial charge in [-0.1, -0.05) is 0 Å². The van der Waals surface area contributed by atoms with Crippen molar-refractivity contribution in [2.75, 3.05) is 19.6 Å². The summed E-state index contributed by atoms with van der Waals surface area (Å²) in [5, 5.41) is 15.8. The van der Waals surface area contributed by atoms with Crippen LogP contribution in [0.1, 0.15) is 24.4 Å². The van der Waals surface area contributed by atoms with Crippen LogP contribution < -0.4 is 5.32 Å². The Hall–Kier alpha value is -1.87. The average molecular weight is 245 g/mol. The second kappa shape index (κ2) is 4.42. The molecular weight excluding hydrogens is 230 g/mol. The molecule has 1 atom stereocenters. The molecule has 0 spiro atoms. The number of likely N-dealkylation sites (tertiary alicyclic amines) is 1. The van der Waals surface area contributed by atoms with Gasteiger partial charge >= 0.3 is 0 Å². The lowest BCUT2D eigenvalue weighted by molar-refractivity contribution is -0.131. The van der Waals surface area contributed by atoms with Gasteiger partial charge in [0.2, 0.25) is 5.91 Å². The number of aromatic nitrogens is 2. The van der Waals surface area contributed by atoms with E-state index in [0.717, 1.165) is 32.5 Å². The maximum absolute atomic E-state index is 11.7. The highest BCUT2D eigenvalue weighted by Gasteiger charge is 2.38. The zero-order valence-electron chi connectivity index (χ0n) is 10.0. The van der Waals surface area contributed by atoms with Gasteiger partial charge in [0.1, 0.15) is 6.07 Å². The van der Waals surface area contributed by atoms with Crippen LogP contribution in [0.3, 0.4) is 0 Å². The number of hydrogen-bond donors (Lipinski definition) is 1. The van der Waals surface area contributed by atoms with E-state index in [9.17, 15) is 4.79 Å². The molecule has 18 heavy (non-hydrogen) atoms. The van der Waals surface area contributed by atoms with Crippen molar-refractivity contribution >= 4 is 5.91 Å². The van der Waals surface area contributed by atoms with E-state index in [1.54, 1.807) is 12.4 Å². The van der Waals surface area contributed by atoms with Crippen LogP contribution >= 0.6 is 0 Å². The number of piperidine rings is 1. The van der Waals surface area contributed by atoms with Crippen molar-refractivity contribution in [3.05, 3.63) is 18.0 Å². The van der Waals surface area contributed by atoms with Gasteiger partial charge in [0.15, 0.2) is 0 Å². The van der Waals surface area contributed by atoms with Crippen LogP contribution in [0.4, 0.5) is 0 Å². The van der Waals surface area contributed by atoms with Crippen molar-refractivity contribution < 1.29 is 4.79 Å². The van der Waals surface area contributed by atoms with E-state index < -0.39 is 0 Å². The standard InChI is InChI=1S/C12H15N5O/c13-4-9-5-15-17(6-9)10-7-16(8-10)11-2-1-3-14-12(11)18/h5-6,10-11H,1-3,7-8H2,(H,14,18). The maximum Gasteiger partial charge on any atom is 0.237 e. The third kappa shape index (κ3) is 1.87. The van der Waals surface area contributed by atoms with Gasteiger partial charge in [0.25, 0.3) is 0 Å². The van der Waals surface area contributed by atoms with Crippen molar-refractivity contribution in [3.63, 3.8) is 0 Å². The van der Waals surface area contributed by atoms with Crippen LogP contribution in [0.25, 0.3) is 0 Å². The van der Waals surface area contributed by atoms with E-state index >= 15 is 0 Å². The van der Waals surface area contributed by atoms with Gasteiger partial charge < -0.3 is 5.32 Å². The second-order valence-corrected chi connectivity index (χ2v) is 4.88. The molecule has 2 fully saturated rings. The van der Waals surface area contributed by atoms with Crippen LogP contribution in [-0.2, 0) is 4.79 Å². The molecule has 94 valence electrons. The average Bonchev–Trinajstić information content (AvgIpc) is 2.78. The summed E-state index contributed by atoms with van der Waals surface area (Å²) in [5.41, 5.74) is 0.587. The lowest BCUT2D eigenvalue weighted by atomic mass is 9.99. The normalized spacial score (nSPS) is 25.3. The molecule has 0 saturated carbocycles. The highest BCUT2D eigenvalue weighted by Crippen LogP contribution is 2.26. The molecule has 1 aromatic heterocycles. The molecule has 0 bridgehead atoms. The fourth-order valence-corrected chi connectivity index (χ4v) is 2.61. The Morgan fingerprint density at radius 2 is 2.33 bits per heavy atom. The van der Waals surface area contributed by atoms with Crippen molar-refractivity contribution in [1.29, 1.82) is 5.26 Å². The predicted octanol–water partition coefficient (Wildman–Crippen LogP) is -0.110. The van der Waals surface area contributed by atoms with E-state index in [1.807, 2.05) is 4.68 Å². The molecule has 2 saturated heterocycles. The van der Waals surface area contributed by atoms with Gasteiger partial charge in [-0.25, -0.2) is 0 Å². The SMILES string of the molecule is N#Cc1cnn(C2CN(C3CCCNC3=O)C2)c1. The number of amides is 1. The molecule has 2 aliphatic heterocycles. The Kier molecular flexibility index (Phi) is 2.76. The van der Waals surface area contributed by atoms with Gasteiger partial charge in [-0.05, 0) is 12.8 Å². The van der Waals surface area contributed by atoms with E-state index in [0.29, 0.717) is 11.6 Å². The molecule has 0 aromatic carbocycles. The second-order valence-electron chi connectivity index (χ2n) is 4.88. The summed E-state index contributed by atoms with van der Waals surface area (Å²) in [4.78, 5) is 13.9. The minimum Gasteiger partial charge on any atom is -0.355 e. The number of carbonyl (C=O) groups excluding carboxylic acids is 1. The fraction of sp³-hybridized carbons (Fsp3) is 0.583. The lowest BCUT2D eigenvalue weighted by Gasteiger charge is -2.44. The zero-order chi connectivity index (χ0) is 12.5. The van der Waals surface area contributed by atoms with Crippen molar-refractivity contribution in [2.45, 2.75) is 24.9 Å². The molecule has 1 amide bonds. The van der Waals surface area contributed by atoms with E-state index in [4.69, 9.17) is 5.26 Å². The third-order valence-corrected chi connectivity index (χ3v) is 3.69. The molecular formula is C12H15N5O. The Bertz CT molecular complexity index is 497. The summed E-state index contributed by atoms with van der Waals surface area (Å²) in [6.45, 7) is 2.48. The molecule has 1 aromatic rings. The quantitative estimate of drug-likeness (QED) is 0.789. The lowest BCUT2D eigenvalue weighted by Crippen LogP contribution is -2.59. The highest BCUT2D eigenvalue weighted by molar-refractivity contribution is 5.82. The summed E-state index contributed by atoms with van der Waals surface area (Å²) < 4.78 is 1.83. The van der Waals surface area contributed by atoms with Crippen LogP contribution in [-0.4, -0.2) is 46.3 Å². The maximum atomic E-state index is 11.7. The Labute approximate surface area is 105 Å². The van der Waals surface area contributed by atoms with Crippen LogP contribution in [0.15, 0.2) is 12.4 Å². The summed E-state index contributed by atoms with van der Waals surface area (Å²) in [7, 11) is 0. The third-order valence-electron chi connectivity index (χ3n) is 3.69. The first-order chi connectivity index (χ1) is 8.78. The first-order valence-corrected chi connectivity index (χ1v) is 6.24. The zero-order valence-corrected chi connectivity index (χ0v) is 10.0. The highest BCUT2D eigenvalue weighted by atomic mass is 16.2. The van der Waals surface area contributed by atoms with Gasteiger partial charge in [-0.3, -0.25) is 14.4 Å². The largest absolute Gasteiger partial charge is 0.355 e. The van der Waals surface area contributed by atoms with Gasteiger partial charge in [0.05, 0.1) is 23.8 Å². The monoisotopic (exact) mass is 245 g/mol. The number of hydrogen-bond acceptors (Lipinski definition) is 4.